The van der Waals surface area contributed by atoms with Crippen LogP contribution in [0.4, 0.5) is 11.4 Å². The van der Waals surface area contributed by atoms with Crippen molar-refractivity contribution in [3.05, 3.63) is 66.7 Å². The first-order valence-electron chi connectivity index (χ1n) is 8.67. The van der Waals surface area contributed by atoms with Gasteiger partial charge < -0.3 is 14.2 Å². The van der Waals surface area contributed by atoms with Crippen LogP contribution in [-0.2, 0) is 20.2 Å². The van der Waals surface area contributed by atoms with Crippen LogP contribution in [0.1, 0.15) is 0 Å². The molecule has 158 valence electrons. The van der Waals surface area contributed by atoms with E-state index in [0.29, 0.717) is 11.8 Å². The van der Waals surface area contributed by atoms with Gasteiger partial charge in [-0.15, -0.1) is 10.2 Å². The summed E-state index contributed by atoms with van der Waals surface area (Å²) in [7, 11) is -10.3. The molecule has 0 radical (unpaired) electrons. The molecular formula is C20H12N2Na2O7S2. The van der Waals surface area contributed by atoms with Gasteiger partial charge in [-0.05, 0) is 35.0 Å². The van der Waals surface area contributed by atoms with E-state index in [-0.39, 0.29) is 75.6 Å². The predicted molar refractivity (Wildman–Crippen MR) is 110 cm³/mol. The van der Waals surface area contributed by atoms with Gasteiger partial charge in [0.15, 0.2) is 0 Å². The summed E-state index contributed by atoms with van der Waals surface area (Å²) in [6.45, 7) is 0. The average Bonchev–Trinajstić information content (AvgIpc) is 2.71. The van der Waals surface area contributed by atoms with Gasteiger partial charge >= 0.3 is 59.1 Å². The molecule has 1 N–H and O–H groups in total. The standard InChI is InChI=1S/C20H14N2O7S2.2Na/c23-17-9-8-13-10-14(30(24,25)26)11-18(31(27,28)29)19(13)20(17)22-21-16-7-3-5-12-4-1-2-6-15(12)16;;/h1-11,23H,(H,24,25,26)(H,27,28,29);;/q;2*+1/p-2/b22-21+;;. The van der Waals surface area contributed by atoms with Crippen LogP contribution in [0, 0.1) is 0 Å². The van der Waals surface area contributed by atoms with E-state index in [2.05, 4.69) is 10.2 Å². The number of azo groups is 1. The van der Waals surface area contributed by atoms with Crippen LogP contribution >= 0.6 is 0 Å². The Morgan fingerprint density at radius 1 is 0.727 bits per heavy atom. The number of hydrogen-bond donors (Lipinski definition) is 1. The van der Waals surface area contributed by atoms with Crippen molar-refractivity contribution in [3.63, 3.8) is 0 Å². The maximum atomic E-state index is 11.8. The first-order chi connectivity index (χ1) is 14.6. The Hall–Kier alpha value is -1.38. The number of rotatable bonds is 4. The molecule has 0 fully saturated rings. The van der Waals surface area contributed by atoms with Crippen LogP contribution in [0.15, 0.2) is 86.7 Å². The van der Waals surface area contributed by atoms with Crippen molar-refractivity contribution in [2.75, 3.05) is 0 Å². The normalized spacial score (nSPS) is 11.9. The van der Waals surface area contributed by atoms with E-state index in [4.69, 9.17) is 0 Å². The van der Waals surface area contributed by atoms with Crippen LogP contribution in [0.3, 0.4) is 0 Å². The quantitative estimate of drug-likeness (QED) is 0.191. The monoisotopic (exact) mass is 502 g/mol. The van der Waals surface area contributed by atoms with E-state index in [1.54, 1.807) is 24.3 Å². The van der Waals surface area contributed by atoms with Gasteiger partial charge in [-0.3, -0.25) is 0 Å². The first kappa shape index (κ1) is 27.9. The molecule has 0 unspecified atom stereocenters. The Labute approximate surface area is 233 Å². The summed E-state index contributed by atoms with van der Waals surface area (Å²) in [6, 6.07) is 16.2. The molecule has 0 saturated heterocycles. The van der Waals surface area contributed by atoms with E-state index in [0.717, 1.165) is 22.9 Å². The summed E-state index contributed by atoms with van der Waals surface area (Å²) in [4.78, 5) is -1.89. The third-order valence-electron chi connectivity index (χ3n) is 4.59. The van der Waals surface area contributed by atoms with Gasteiger partial charge in [0, 0.05) is 10.8 Å². The molecule has 9 nitrogen and oxygen atoms in total. The summed E-state index contributed by atoms with van der Waals surface area (Å²) >= 11 is 0. The molecule has 0 aromatic heterocycles. The summed E-state index contributed by atoms with van der Waals surface area (Å²) in [5.74, 6) is -0.487. The molecule has 0 amide bonds. The zero-order chi connectivity index (χ0) is 22.4. The van der Waals surface area contributed by atoms with Crippen molar-refractivity contribution in [2.45, 2.75) is 9.79 Å². The Bertz CT molecular complexity index is 1600. The molecule has 0 aliphatic heterocycles. The van der Waals surface area contributed by atoms with Crippen molar-refractivity contribution in [1.82, 2.24) is 0 Å². The maximum absolute atomic E-state index is 11.8. The van der Waals surface area contributed by atoms with E-state index >= 15 is 0 Å². The van der Waals surface area contributed by atoms with Gasteiger partial charge in [-0.2, -0.15) is 0 Å². The molecule has 0 saturated carbocycles. The minimum Gasteiger partial charge on any atom is -0.744 e. The fraction of sp³-hybridized carbons (Fsp3) is 0. The van der Waals surface area contributed by atoms with Crippen molar-refractivity contribution in [1.29, 1.82) is 0 Å². The third-order valence-corrected chi connectivity index (χ3v) is 6.26. The Kier molecular flexibility index (Phi) is 8.85. The van der Waals surface area contributed by atoms with Crippen LogP contribution in [-0.4, -0.2) is 31.0 Å². The Morgan fingerprint density at radius 3 is 2.06 bits per heavy atom. The minimum atomic E-state index is -5.24. The second-order valence-corrected chi connectivity index (χ2v) is 9.29. The van der Waals surface area contributed by atoms with Crippen molar-refractivity contribution in [3.8, 4) is 5.75 Å². The Morgan fingerprint density at radius 2 is 1.39 bits per heavy atom. The number of phenolic OH excluding ortho intramolecular Hbond substituents is 1. The summed E-state index contributed by atoms with van der Waals surface area (Å²) in [5, 5.41) is 19.5. The van der Waals surface area contributed by atoms with Gasteiger partial charge in [-0.1, -0.05) is 42.5 Å². The fourth-order valence-corrected chi connectivity index (χ4v) is 4.56. The summed E-state index contributed by atoms with van der Waals surface area (Å²) in [5.41, 5.74) is 0.0643. The molecule has 0 aliphatic carbocycles. The molecule has 0 heterocycles. The molecule has 0 bridgehead atoms. The predicted octanol–water partition coefficient (Wildman–Crippen LogP) is -2.07. The topological polar surface area (TPSA) is 159 Å². The SMILES string of the molecule is O=S(=O)([O-])c1cc(S(=O)(=O)[O-])c2c(/N=N/c3cccc4ccccc34)c(O)ccc2c1.[Na+].[Na+]. The fourth-order valence-electron chi connectivity index (χ4n) is 3.21. The van der Waals surface area contributed by atoms with Gasteiger partial charge in [0.25, 0.3) is 0 Å². The zero-order valence-electron chi connectivity index (χ0n) is 17.5. The van der Waals surface area contributed by atoms with Crippen molar-refractivity contribution in [2.24, 2.45) is 10.2 Å². The van der Waals surface area contributed by atoms with Gasteiger partial charge in [0.2, 0.25) is 0 Å². The number of nitrogens with zero attached hydrogens (tertiary/aromatic N) is 2. The van der Waals surface area contributed by atoms with Gasteiger partial charge in [-0.25, -0.2) is 16.8 Å². The molecule has 4 aromatic rings. The molecular weight excluding hydrogens is 490 g/mol. The third kappa shape index (κ3) is 5.82. The van der Waals surface area contributed by atoms with Crippen LogP contribution in [0.5, 0.6) is 5.75 Å². The second kappa shape index (κ2) is 10.5. The number of phenols is 1. The maximum Gasteiger partial charge on any atom is 1.00 e. The van der Waals surface area contributed by atoms with E-state index in [9.17, 15) is 31.0 Å². The van der Waals surface area contributed by atoms with Crippen LogP contribution < -0.4 is 59.1 Å². The number of benzene rings is 4. The van der Waals surface area contributed by atoms with E-state index < -0.39 is 35.8 Å². The zero-order valence-corrected chi connectivity index (χ0v) is 23.1. The first-order valence-corrected chi connectivity index (χ1v) is 11.5. The minimum absolute atomic E-state index is 0. The molecule has 33 heavy (non-hydrogen) atoms. The average molecular weight is 502 g/mol. The van der Waals surface area contributed by atoms with E-state index in [1.165, 1.54) is 6.07 Å². The molecule has 4 aromatic carbocycles. The molecule has 4 rings (SSSR count). The van der Waals surface area contributed by atoms with Gasteiger partial charge in [0.1, 0.15) is 31.7 Å². The van der Waals surface area contributed by atoms with Crippen LogP contribution in [0.2, 0.25) is 0 Å². The molecule has 0 aliphatic rings. The van der Waals surface area contributed by atoms with Gasteiger partial charge in [0.05, 0.1) is 15.5 Å². The number of hydrogen-bond acceptors (Lipinski definition) is 9. The number of fused-ring (bicyclic) bond motifs is 2. The number of aromatic hydroxyl groups is 1. The van der Waals surface area contributed by atoms with Crippen LogP contribution in [0.25, 0.3) is 21.5 Å². The van der Waals surface area contributed by atoms with Crippen molar-refractivity contribution >= 4 is 53.2 Å². The van der Waals surface area contributed by atoms with E-state index in [1.807, 2.05) is 18.2 Å². The smallest absolute Gasteiger partial charge is 0.744 e. The summed E-state index contributed by atoms with van der Waals surface area (Å²) in [6.07, 6.45) is 0. The molecule has 0 spiro atoms. The largest absolute Gasteiger partial charge is 1.00 e. The van der Waals surface area contributed by atoms with Crippen molar-refractivity contribution < 1.29 is 90.2 Å². The molecule has 0 atom stereocenters. The second-order valence-electron chi connectivity index (χ2n) is 6.56. The summed E-state index contributed by atoms with van der Waals surface area (Å²) < 4.78 is 69.7. The molecule has 13 heteroatoms. The Balaban J connectivity index is 0.00000193.